The van der Waals surface area contributed by atoms with Gasteiger partial charge in [0.2, 0.25) is 0 Å². The standard InChI is InChI=1S/C15H14N2O2S2/c1-3-5-16-13(18)8-19-11-7-12-14(17-9(2)21-12)15-10(11)4-6-20-15/h3-4,6-7H,1,5,8H2,2H3,(H,16,18). The number of hydrogen-bond acceptors (Lipinski definition) is 5. The van der Waals surface area contributed by atoms with Crippen molar-refractivity contribution in [2.75, 3.05) is 13.2 Å². The highest BCUT2D eigenvalue weighted by Gasteiger charge is 2.13. The molecule has 0 atom stereocenters. The van der Waals surface area contributed by atoms with Crippen LogP contribution in [0.1, 0.15) is 5.01 Å². The second-order valence-electron chi connectivity index (χ2n) is 4.50. The molecule has 0 saturated carbocycles. The van der Waals surface area contributed by atoms with Crippen molar-refractivity contribution >= 4 is 48.9 Å². The fourth-order valence-corrected chi connectivity index (χ4v) is 3.92. The number of rotatable bonds is 5. The lowest BCUT2D eigenvalue weighted by Crippen LogP contribution is -2.28. The number of fused-ring (bicyclic) bond motifs is 3. The Bertz CT molecular complexity index is 820. The van der Waals surface area contributed by atoms with Gasteiger partial charge in [-0.1, -0.05) is 6.08 Å². The summed E-state index contributed by atoms with van der Waals surface area (Å²) >= 11 is 3.28. The largest absolute Gasteiger partial charge is 0.483 e. The molecule has 2 heterocycles. The summed E-state index contributed by atoms with van der Waals surface area (Å²) in [5, 5.41) is 6.75. The SMILES string of the molecule is C=CCNC(=O)COc1cc2sc(C)nc2c2sccc12. The summed E-state index contributed by atoms with van der Waals surface area (Å²) in [6.45, 7) is 6.00. The summed E-state index contributed by atoms with van der Waals surface area (Å²) < 4.78 is 7.89. The Morgan fingerprint density at radius 3 is 3.24 bits per heavy atom. The van der Waals surface area contributed by atoms with Gasteiger partial charge >= 0.3 is 0 Å². The van der Waals surface area contributed by atoms with E-state index in [1.807, 2.05) is 24.4 Å². The zero-order valence-corrected chi connectivity index (χ0v) is 13.1. The van der Waals surface area contributed by atoms with E-state index >= 15 is 0 Å². The average Bonchev–Trinajstić information content (AvgIpc) is 3.07. The summed E-state index contributed by atoms with van der Waals surface area (Å²) in [6.07, 6.45) is 1.64. The second kappa shape index (κ2) is 5.83. The van der Waals surface area contributed by atoms with Gasteiger partial charge in [0.1, 0.15) is 5.75 Å². The smallest absolute Gasteiger partial charge is 0.258 e. The number of aromatic nitrogens is 1. The zero-order chi connectivity index (χ0) is 14.8. The van der Waals surface area contributed by atoms with E-state index < -0.39 is 0 Å². The van der Waals surface area contributed by atoms with Gasteiger partial charge in [-0.15, -0.1) is 29.3 Å². The third-order valence-corrected chi connectivity index (χ3v) is 4.81. The molecule has 3 rings (SSSR count). The minimum Gasteiger partial charge on any atom is -0.483 e. The number of carbonyl (C=O) groups excluding carboxylic acids is 1. The molecule has 1 amide bonds. The first-order valence-corrected chi connectivity index (χ1v) is 8.16. The maximum absolute atomic E-state index is 11.6. The number of aryl methyl sites for hydroxylation is 1. The van der Waals surface area contributed by atoms with Gasteiger partial charge in [-0.3, -0.25) is 4.79 Å². The van der Waals surface area contributed by atoms with E-state index in [1.54, 1.807) is 28.7 Å². The van der Waals surface area contributed by atoms with Crippen molar-refractivity contribution in [2.45, 2.75) is 6.92 Å². The normalized spacial score (nSPS) is 10.9. The molecule has 6 heteroatoms. The molecule has 108 valence electrons. The van der Waals surface area contributed by atoms with Crippen molar-refractivity contribution in [2.24, 2.45) is 0 Å². The maximum Gasteiger partial charge on any atom is 0.258 e. The molecule has 4 nitrogen and oxygen atoms in total. The Morgan fingerprint density at radius 2 is 2.43 bits per heavy atom. The number of nitrogens with zero attached hydrogens (tertiary/aromatic N) is 1. The predicted molar refractivity (Wildman–Crippen MR) is 88.4 cm³/mol. The number of carbonyl (C=O) groups is 1. The number of hydrogen-bond donors (Lipinski definition) is 1. The number of benzene rings is 1. The fourth-order valence-electron chi connectivity index (χ4n) is 2.09. The summed E-state index contributed by atoms with van der Waals surface area (Å²) in [5.74, 6) is 0.579. The molecule has 2 aromatic heterocycles. The van der Waals surface area contributed by atoms with Crippen LogP contribution >= 0.6 is 22.7 Å². The Hall–Kier alpha value is -1.92. The molecule has 0 fully saturated rings. The van der Waals surface area contributed by atoms with Gasteiger partial charge in [0.15, 0.2) is 6.61 Å². The highest BCUT2D eigenvalue weighted by atomic mass is 32.1. The molecular formula is C15H14N2O2S2. The molecule has 0 spiro atoms. The fraction of sp³-hybridized carbons (Fsp3) is 0.200. The summed E-state index contributed by atoms with van der Waals surface area (Å²) in [5.41, 5.74) is 1.02. The van der Waals surface area contributed by atoms with Gasteiger partial charge in [-0.25, -0.2) is 4.98 Å². The third kappa shape index (κ3) is 2.77. The van der Waals surface area contributed by atoms with Gasteiger partial charge in [-0.05, 0) is 18.4 Å². The lowest BCUT2D eigenvalue weighted by molar-refractivity contribution is -0.122. The van der Waals surface area contributed by atoms with Gasteiger partial charge in [-0.2, -0.15) is 0 Å². The van der Waals surface area contributed by atoms with Crippen molar-refractivity contribution in [1.29, 1.82) is 0 Å². The van der Waals surface area contributed by atoms with E-state index in [1.165, 1.54) is 0 Å². The molecule has 0 radical (unpaired) electrons. The van der Waals surface area contributed by atoms with Crippen LogP contribution in [0.5, 0.6) is 5.75 Å². The van der Waals surface area contributed by atoms with E-state index in [2.05, 4.69) is 16.9 Å². The highest BCUT2D eigenvalue weighted by molar-refractivity contribution is 7.21. The molecule has 0 aliphatic carbocycles. The van der Waals surface area contributed by atoms with Crippen molar-refractivity contribution in [3.05, 3.63) is 35.2 Å². The van der Waals surface area contributed by atoms with Crippen LogP contribution in [0.25, 0.3) is 20.3 Å². The van der Waals surface area contributed by atoms with Crippen LogP contribution in [0.15, 0.2) is 30.2 Å². The Labute approximate surface area is 130 Å². The molecule has 0 saturated heterocycles. The number of thiophene rings is 1. The van der Waals surface area contributed by atoms with Crippen LogP contribution in [0, 0.1) is 6.92 Å². The number of amides is 1. The van der Waals surface area contributed by atoms with E-state index in [-0.39, 0.29) is 12.5 Å². The molecule has 0 unspecified atom stereocenters. The van der Waals surface area contributed by atoms with E-state index in [0.717, 1.165) is 31.1 Å². The predicted octanol–water partition coefficient (Wildman–Crippen LogP) is 3.50. The van der Waals surface area contributed by atoms with Gasteiger partial charge in [0.05, 0.1) is 19.9 Å². The van der Waals surface area contributed by atoms with Gasteiger partial charge in [0, 0.05) is 18.0 Å². The second-order valence-corrected chi connectivity index (χ2v) is 6.65. The summed E-state index contributed by atoms with van der Waals surface area (Å²) in [6, 6.07) is 3.97. The van der Waals surface area contributed by atoms with Crippen molar-refractivity contribution in [1.82, 2.24) is 10.3 Å². The van der Waals surface area contributed by atoms with E-state index in [9.17, 15) is 4.79 Å². The molecule has 3 aromatic rings. The van der Waals surface area contributed by atoms with Crippen LogP contribution in [0.3, 0.4) is 0 Å². The van der Waals surface area contributed by atoms with E-state index in [0.29, 0.717) is 6.54 Å². The lowest BCUT2D eigenvalue weighted by Gasteiger charge is -2.07. The summed E-state index contributed by atoms with van der Waals surface area (Å²) in [7, 11) is 0. The van der Waals surface area contributed by atoms with Gasteiger partial charge in [0.25, 0.3) is 5.91 Å². The monoisotopic (exact) mass is 318 g/mol. The molecule has 1 aromatic carbocycles. The number of thiazole rings is 1. The molecule has 0 aliphatic rings. The first kappa shape index (κ1) is 14.0. The first-order valence-electron chi connectivity index (χ1n) is 6.47. The molecule has 21 heavy (non-hydrogen) atoms. The minimum absolute atomic E-state index is 0.00206. The van der Waals surface area contributed by atoms with E-state index in [4.69, 9.17) is 4.74 Å². The average molecular weight is 318 g/mol. The number of ether oxygens (including phenoxy) is 1. The van der Waals surface area contributed by atoms with Crippen LogP contribution in [0.2, 0.25) is 0 Å². The lowest BCUT2D eigenvalue weighted by atomic mass is 10.2. The molecule has 0 bridgehead atoms. The molecule has 1 N–H and O–H groups in total. The van der Waals surface area contributed by atoms with Crippen LogP contribution in [-0.4, -0.2) is 24.0 Å². The van der Waals surface area contributed by atoms with Crippen molar-refractivity contribution in [3.63, 3.8) is 0 Å². The topological polar surface area (TPSA) is 51.2 Å². The maximum atomic E-state index is 11.6. The van der Waals surface area contributed by atoms with Crippen LogP contribution in [0.4, 0.5) is 0 Å². The Balaban J connectivity index is 1.91. The van der Waals surface area contributed by atoms with Crippen LogP contribution in [-0.2, 0) is 4.79 Å². The Kier molecular flexibility index (Phi) is 3.90. The quantitative estimate of drug-likeness (QED) is 0.733. The Morgan fingerprint density at radius 1 is 1.57 bits per heavy atom. The minimum atomic E-state index is -0.154. The summed E-state index contributed by atoms with van der Waals surface area (Å²) in [4.78, 5) is 16.2. The third-order valence-electron chi connectivity index (χ3n) is 2.97. The number of nitrogens with one attached hydrogen (secondary N) is 1. The van der Waals surface area contributed by atoms with Gasteiger partial charge < -0.3 is 10.1 Å². The van der Waals surface area contributed by atoms with Crippen LogP contribution < -0.4 is 10.1 Å². The van der Waals surface area contributed by atoms with Crippen molar-refractivity contribution < 1.29 is 9.53 Å². The molecular weight excluding hydrogens is 304 g/mol. The first-order chi connectivity index (χ1) is 10.2. The molecule has 0 aliphatic heterocycles. The van der Waals surface area contributed by atoms with Crippen molar-refractivity contribution in [3.8, 4) is 5.75 Å². The highest BCUT2D eigenvalue weighted by Crippen LogP contribution is 2.38. The zero-order valence-electron chi connectivity index (χ0n) is 11.5.